The van der Waals surface area contributed by atoms with Crippen LogP contribution in [0.3, 0.4) is 0 Å². The average molecular weight is 316 g/mol. The lowest BCUT2D eigenvalue weighted by Crippen LogP contribution is -2.48. The summed E-state index contributed by atoms with van der Waals surface area (Å²) in [7, 11) is 0. The molecule has 0 saturated carbocycles. The second-order valence-electron chi connectivity index (χ2n) is 4.26. The van der Waals surface area contributed by atoms with Gasteiger partial charge in [-0.05, 0) is 33.6 Å². The van der Waals surface area contributed by atoms with Crippen molar-refractivity contribution < 1.29 is 9.18 Å². The largest absolute Gasteiger partial charge is 0.368 e. The first kappa shape index (κ1) is 13.5. The molecular formula is C12H15BrFN3O. The Morgan fingerprint density at radius 2 is 2.11 bits per heavy atom. The van der Waals surface area contributed by atoms with E-state index in [1.165, 1.54) is 6.07 Å². The van der Waals surface area contributed by atoms with Gasteiger partial charge in [0, 0.05) is 26.2 Å². The number of nitrogens with zero attached hydrogens (tertiary/aromatic N) is 1. The molecule has 0 spiro atoms. The van der Waals surface area contributed by atoms with Gasteiger partial charge in [-0.25, -0.2) is 4.39 Å². The van der Waals surface area contributed by atoms with Crippen molar-refractivity contribution in [3.05, 3.63) is 34.1 Å². The second-order valence-corrected chi connectivity index (χ2v) is 5.12. The van der Waals surface area contributed by atoms with Crippen LogP contribution in [0.25, 0.3) is 0 Å². The lowest BCUT2D eigenvalue weighted by Gasteiger charge is -2.33. The number of amides is 1. The monoisotopic (exact) mass is 315 g/mol. The van der Waals surface area contributed by atoms with Crippen LogP contribution in [0.4, 0.5) is 4.39 Å². The smallest absolute Gasteiger partial charge is 0.239 e. The fraction of sp³-hybridized carbons (Fsp3) is 0.417. The Kier molecular flexibility index (Phi) is 4.31. The van der Waals surface area contributed by atoms with E-state index in [1.807, 2.05) is 4.90 Å². The first-order valence-electron chi connectivity index (χ1n) is 5.78. The lowest BCUT2D eigenvalue weighted by atomic mass is 10.0. The SMILES string of the molecule is NC(=O)C(c1ccc(F)c(Br)c1)N1CCNCC1. The zero-order chi connectivity index (χ0) is 13.1. The lowest BCUT2D eigenvalue weighted by molar-refractivity contribution is -0.123. The molecule has 1 aliphatic heterocycles. The Hall–Kier alpha value is -0.980. The number of nitrogens with one attached hydrogen (secondary N) is 1. The molecule has 1 aromatic carbocycles. The molecule has 1 atom stereocenters. The minimum Gasteiger partial charge on any atom is -0.368 e. The van der Waals surface area contributed by atoms with Gasteiger partial charge in [-0.1, -0.05) is 6.07 Å². The third-order valence-electron chi connectivity index (χ3n) is 3.05. The topological polar surface area (TPSA) is 58.4 Å². The molecule has 1 amide bonds. The van der Waals surface area contributed by atoms with Crippen molar-refractivity contribution in [2.45, 2.75) is 6.04 Å². The standard InChI is InChI=1S/C12H15BrFN3O/c13-9-7-8(1-2-10(9)14)11(12(15)18)17-5-3-16-4-6-17/h1-2,7,11,16H,3-6H2,(H2,15,18). The number of primary amides is 1. The van der Waals surface area contributed by atoms with Crippen molar-refractivity contribution in [3.63, 3.8) is 0 Å². The summed E-state index contributed by atoms with van der Waals surface area (Å²) in [6.07, 6.45) is 0. The number of piperazine rings is 1. The molecule has 1 saturated heterocycles. The molecule has 1 unspecified atom stereocenters. The van der Waals surface area contributed by atoms with Crippen LogP contribution in [0, 0.1) is 5.82 Å². The van der Waals surface area contributed by atoms with Gasteiger partial charge in [0.05, 0.1) is 4.47 Å². The maximum atomic E-state index is 13.2. The molecule has 4 nitrogen and oxygen atoms in total. The van der Waals surface area contributed by atoms with Crippen LogP contribution in [0.1, 0.15) is 11.6 Å². The van der Waals surface area contributed by atoms with Crippen LogP contribution in [-0.4, -0.2) is 37.0 Å². The van der Waals surface area contributed by atoms with E-state index < -0.39 is 11.9 Å². The highest BCUT2D eigenvalue weighted by Gasteiger charge is 2.27. The molecule has 2 rings (SSSR count). The summed E-state index contributed by atoms with van der Waals surface area (Å²) in [6, 6.07) is 4.08. The number of hydrogen-bond acceptors (Lipinski definition) is 3. The van der Waals surface area contributed by atoms with Crippen molar-refractivity contribution in [3.8, 4) is 0 Å². The molecule has 1 heterocycles. The normalized spacial score (nSPS) is 18.6. The van der Waals surface area contributed by atoms with Gasteiger partial charge in [0.25, 0.3) is 0 Å². The summed E-state index contributed by atoms with van der Waals surface area (Å²) >= 11 is 3.13. The molecule has 0 aromatic heterocycles. The first-order chi connectivity index (χ1) is 8.59. The van der Waals surface area contributed by atoms with E-state index in [1.54, 1.807) is 12.1 Å². The highest BCUT2D eigenvalue weighted by Crippen LogP contribution is 2.25. The average Bonchev–Trinajstić information content (AvgIpc) is 2.35. The van der Waals surface area contributed by atoms with Gasteiger partial charge in [-0.15, -0.1) is 0 Å². The number of carbonyl (C=O) groups excluding carboxylic acids is 1. The molecule has 1 aromatic rings. The van der Waals surface area contributed by atoms with Gasteiger partial charge in [-0.2, -0.15) is 0 Å². The molecule has 0 aliphatic carbocycles. The van der Waals surface area contributed by atoms with Crippen molar-refractivity contribution >= 4 is 21.8 Å². The molecule has 1 aliphatic rings. The predicted octanol–water partition coefficient (Wildman–Crippen LogP) is 1.02. The fourth-order valence-electron chi connectivity index (χ4n) is 2.18. The summed E-state index contributed by atoms with van der Waals surface area (Å²) in [5.41, 5.74) is 6.20. The minimum absolute atomic E-state index is 0.345. The zero-order valence-electron chi connectivity index (χ0n) is 9.83. The van der Waals surface area contributed by atoms with Gasteiger partial charge in [-0.3, -0.25) is 9.69 Å². The van der Waals surface area contributed by atoms with Crippen LogP contribution in [0.5, 0.6) is 0 Å². The van der Waals surface area contributed by atoms with Crippen molar-refractivity contribution in [1.82, 2.24) is 10.2 Å². The molecule has 18 heavy (non-hydrogen) atoms. The summed E-state index contributed by atoms with van der Waals surface area (Å²) in [5, 5.41) is 3.22. The number of benzene rings is 1. The number of halogens is 2. The van der Waals surface area contributed by atoms with E-state index in [2.05, 4.69) is 21.2 Å². The third kappa shape index (κ3) is 2.88. The van der Waals surface area contributed by atoms with Crippen molar-refractivity contribution in [2.75, 3.05) is 26.2 Å². The highest BCUT2D eigenvalue weighted by molar-refractivity contribution is 9.10. The molecule has 98 valence electrons. The first-order valence-corrected chi connectivity index (χ1v) is 6.58. The maximum absolute atomic E-state index is 13.2. The Bertz CT molecular complexity index is 449. The van der Waals surface area contributed by atoms with E-state index in [0.29, 0.717) is 4.47 Å². The summed E-state index contributed by atoms with van der Waals surface area (Å²) in [6.45, 7) is 3.16. The number of rotatable bonds is 3. The van der Waals surface area contributed by atoms with Crippen LogP contribution >= 0.6 is 15.9 Å². The highest BCUT2D eigenvalue weighted by atomic mass is 79.9. The number of hydrogen-bond donors (Lipinski definition) is 2. The second kappa shape index (κ2) is 5.77. The van der Waals surface area contributed by atoms with E-state index >= 15 is 0 Å². The summed E-state index contributed by atoms with van der Waals surface area (Å²) < 4.78 is 13.6. The molecule has 0 radical (unpaired) electrons. The molecule has 3 N–H and O–H groups in total. The van der Waals surface area contributed by atoms with Crippen LogP contribution < -0.4 is 11.1 Å². The van der Waals surface area contributed by atoms with Gasteiger partial charge >= 0.3 is 0 Å². The maximum Gasteiger partial charge on any atom is 0.239 e. The predicted molar refractivity (Wildman–Crippen MR) is 70.5 cm³/mol. The Morgan fingerprint density at radius 3 is 2.67 bits per heavy atom. The van der Waals surface area contributed by atoms with E-state index in [-0.39, 0.29) is 5.82 Å². The van der Waals surface area contributed by atoms with Gasteiger partial charge in [0.15, 0.2) is 0 Å². The van der Waals surface area contributed by atoms with Crippen molar-refractivity contribution in [1.29, 1.82) is 0 Å². The van der Waals surface area contributed by atoms with Gasteiger partial charge in [0.2, 0.25) is 5.91 Å². The van der Waals surface area contributed by atoms with E-state index in [9.17, 15) is 9.18 Å². The van der Waals surface area contributed by atoms with E-state index in [4.69, 9.17) is 5.73 Å². The third-order valence-corrected chi connectivity index (χ3v) is 3.65. The Labute approximate surface area is 113 Å². The summed E-state index contributed by atoms with van der Waals surface area (Å²) in [4.78, 5) is 13.7. The van der Waals surface area contributed by atoms with Crippen LogP contribution in [-0.2, 0) is 4.79 Å². The molecular weight excluding hydrogens is 301 g/mol. The zero-order valence-corrected chi connectivity index (χ0v) is 11.4. The van der Waals surface area contributed by atoms with Gasteiger partial charge in [0.1, 0.15) is 11.9 Å². The quantitative estimate of drug-likeness (QED) is 0.875. The summed E-state index contributed by atoms with van der Waals surface area (Å²) in [5.74, 6) is -0.752. The molecule has 0 bridgehead atoms. The Morgan fingerprint density at radius 1 is 1.44 bits per heavy atom. The fourth-order valence-corrected chi connectivity index (χ4v) is 2.57. The van der Waals surface area contributed by atoms with Crippen LogP contribution in [0.15, 0.2) is 22.7 Å². The van der Waals surface area contributed by atoms with Gasteiger partial charge < -0.3 is 11.1 Å². The molecule has 6 heteroatoms. The minimum atomic E-state index is -0.496. The Balaban J connectivity index is 2.28. The number of nitrogens with two attached hydrogens (primary N) is 1. The molecule has 1 fully saturated rings. The van der Waals surface area contributed by atoms with Crippen molar-refractivity contribution in [2.24, 2.45) is 5.73 Å². The van der Waals surface area contributed by atoms with E-state index in [0.717, 1.165) is 31.7 Å². The van der Waals surface area contributed by atoms with Crippen LogP contribution in [0.2, 0.25) is 0 Å². The number of carbonyl (C=O) groups is 1.